The van der Waals surface area contributed by atoms with Crippen LogP contribution >= 0.6 is 11.3 Å². The highest BCUT2D eigenvalue weighted by Crippen LogP contribution is 2.18. The fraction of sp³-hybridized carbons (Fsp3) is 0.368. The first-order chi connectivity index (χ1) is 11.9. The molecule has 0 bridgehead atoms. The highest BCUT2D eigenvalue weighted by atomic mass is 32.1. The molecule has 0 radical (unpaired) electrons. The monoisotopic (exact) mass is 359 g/mol. The van der Waals surface area contributed by atoms with Crippen molar-refractivity contribution in [2.75, 3.05) is 34.2 Å². The van der Waals surface area contributed by atoms with Crippen LogP contribution in [0.1, 0.15) is 26.8 Å². The van der Waals surface area contributed by atoms with Crippen LogP contribution in [0.3, 0.4) is 0 Å². The van der Waals surface area contributed by atoms with Crippen molar-refractivity contribution in [1.82, 2.24) is 15.1 Å². The lowest BCUT2D eigenvalue weighted by Gasteiger charge is -2.26. The molecule has 5 nitrogen and oxygen atoms in total. The van der Waals surface area contributed by atoms with Crippen molar-refractivity contribution in [1.29, 1.82) is 0 Å². The van der Waals surface area contributed by atoms with Gasteiger partial charge in [-0.1, -0.05) is 35.9 Å². The first-order valence-electron chi connectivity index (χ1n) is 8.17. The molecule has 1 heterocycles. The number of hydrogen-bond acceptors (Lipinski definition) is 4. The first-order valence-corrected chi connectivity index (χ1v) is 9.05. The second-order valence-corrected chi connectivity index (χ2v) is 7.28. The Balaban J connectivity index is 1.90. The van der Waals surface area contributed by atoms with Gasteiger partial charge in [0, 0.05) is 13.6 Å². The van der Waals surface area contributed by atoms with Gasteiger partial charge in [0.05, 0.1) is 17.5 Å². The molecule has 2 aromatic rings. The van der Waals surface area contributed by atoms with Gasteiger partial charge < -0.3 is 15.1 Å². The predicted molar refractivity (Wildman–Crippen MR) is 102 cm³/mol. The summed E-state index contributed by atoms with van der Waals surface area (Å²) < 4.78 is 0. The van der Waals surface area contributed by atoms with Gasteiger partial charge >= 0.3 is 0 Å². The zero-order valence-corrected chi connectivity index (χ0v) is 16.0. The number of aryl methyl sites for hydroxylation is 1. The van der Waals surface area contributed by atoms with Crippen LogP contribution in [-0.2, 0) is 4.79 Å². The van der Waals surface area contributed by atoms with Crippen molar-refractivity contribution in [3.63, 3.8) is 0 Å². The summed E-state index contributed by atoms with van der Waals surface area (Å²) >= 11 is 1.38. The SMILES string of the molecule is Cc1ccc(C(CNC(=O)CN(C)C(=O)c2cccs2)N(C)C)cc1. The second kappa shape index (κ2) is 8.78. The molecule has 134 valence electrons. The smallest absolute Gasteiger partial charge is 0.264 e. The number of likely N-dealkylation sites (N-methyl/N-ethyl adjacent to an activating group) is 2. The van der Waals surface area contributed by atoms with E-state index in [4.69, 9.17) is 0 Å². The number of thiophene rings is 1. The van der Waals surface area contributed by atoms with Gasteiger partial charge in [0.1, 0.15) is 0 Å². The molecule has 1 aromatic carbocycles. The minimum absolute atomic E-state index is 0.0464. The average molecular weight is 359 g/mol. The number of amides is 2. The highest BCUT2D eigenvalue weighted by molar-refractivity contribution is 7.12. The average Bonchev–Trinajstić information content (AvgIpc) is 3.10. The summed E-state index contributed by atoms with van der Waals surface area (Å²) in [4.78, 5) is 28.6. The molecular weight excluding hydrogens is 334 g/mol. The number of nitrogens with one attached hydrogen (secondary N) is 1. The van der Waals surface area contributed by atoms with Crippen molar-refractivity contribution in [2.45, 2.75) is 13.0 Å². The lowest BCUT2D eigenvalue weighted by Crippen LogP contribution is -2.41. The van der Waals surface area contributed by atoms with Crippen LogP contribution in [0, 0.1) is 6.92 Å². The van der Waals surface area contributed by atoms with Gasteiger partial charge in [-0.3, -0.25) is 9.59 Å². The van der Waals surface area contributed by atoms with Crippen molar-refractivity contribution in [3.8, 4) is 0 Å². The van der Waals surface area contributed by atoms with Crippen molar-refractivity contribution in [3.05, 3.63) is 57.8 Å². The maximum Gasteiger partial charge on any atom is 0.264 e. The zero-order chi connectivity index (χ0) is 18.4. The molecule has 6 heteroatoms. The van der Waals surface area contributed by atoms with E-state index in [-0.39, 0.29) is 24.4 Å². The van der Waals surface area contributed by atoms with Crippen LogP contribution in [-0.4, -0.2) is 55.8 Å². The molecule has 2 amide bonds. The predicted octanol–water partition coefficient (Wildman–Crippen LogP) is 2.55. The van der Waals surface area contributed by atoms with E-state index in [0.29, 0.717) is 11.4 Å². The molecular formula is C19H25N3O2S. The number of rotatable bonds is 7. The number of benzene rings is 1. The molecule has 0 aliphatic carbocycles. The summed E-state index contributed by atoms with van der Waals surface area (Å²) in [7, 11) is 5.62. The number of hydrogen-bond donors (Lipinski definition) is 1. The third-order valence-corrected chi connectivity index (χ3v) is 4.90. The van der Waals surface area contributed by atoms with Gasteiger partial charge in [-0.25, -0.2) is 0 Å². The second-order valence-electron chi connectivity index (χ2n) is 6.33. The highest BCUT2D eigenvalue weighted by Gasteiger charge is 2.18. The Morgan fingerprint density at radius 3 is 2.36 bits per heavy atom. The Labute approximate surface area is 153 Å². The molecule has 0 spiro atoms. The Morgan fingerprint density at radius 2 is 1.80 bits per heavy atom. The molecule has 2 rings (SSSR count). The van der Waals surface area contributed by atoms with Gasteiger partial charge in [-0.05, 0) is 38.0 Å². The van der Waals surface area contributed by atoms with Gasteiger partial charge in [-0.2, -0.15) is 0 Å². The van der Waals surface area contributed by atoms with E-state index in [2.05, 4.69) is 41.4 Å². The van der Waals surface area contributed by atoms with Crippen molar-refractivity contribution in [2.24, 2.45) is 0 Å². The quantitative estimate of drug-likeness (QED) is 0.827. The Bertz CT molecular complexity index is 696. The maximum absolute atomic E-state index is 12.2. The van der Waals surface area contributed by atoms with E-state index in [1.54, 1.807) is 13.1 Å². The normalized spacial score (nSPS) is 12.0. The van der Waals surface area contributed by atoms with Crippen LogP contribution < -0.4 is 5.32 Å². The van der Waals surface area contributed by atoms with Crippen molar-refractivity contribution >= 4 is 23.2 Å². The number of carbonyl (C=O) groups is 2. The number of carbonyl (C=O) groups excluding carboxylic acids is 2. The molecule has 0 saturated carbocycles. The fourth-order valence-electron chi connectivity index (χ4n) is 2.53. The summed E-state index contributed by atoms with van der Waals surface area (Å²) in [5.74, 6) is -0.292. The summed E-state index contributed by atoms with van der Waals surface area (Å²) in [5.41, 5.74) is 2.36. The molecule has 1 N–H and O–H groups in total. The van der Waals surface area contributed by atoms with Gasteiger partial charge in [0.25, 0.3) is 5.91 Å². The Hall–Kier alpha value is -2.18. The lowest BCUT2D eigenvalue weighted by atomic mass is 10.0. The fourth-order valence-corrected chi connectivity index (χ4v) is 3.25. The molecule has 1 unspecified atom stereocenters. The van der Waals surface area contributed by atoms with E-state index >= 15 is 0 Å². The van der Waals surface area contributed by atoms with E-state index in [1.807, 2.05) is 25.5 Å². The van der Waals surface area contributed by atoms with E-state index in [9.17, 15) is 9.59 Å². The van der Waals surface area contributed by atoms with E-state index in [0.717, 1.165) is 5.56 Å². The Morgan fingerprint density at radius 1 is 1.12 bits per heavy atom. The molecule has 25 heavy (non-hydrogen) atoms. The molecule has 0 saturated heterocycles. The molecule has 1 aromatic heterocycles. The summed E-state index contributed by atoms with van der Waals surface area (Å²) in [6.45, 7) is 2.59. The van der Waals surface area contributed by atoms with Crippen LogP contribution in [0.5, 0.6) is 0 Å². The number of nitrogens with zero attached hydrogens (tertiary/aromatic N) is 2. The standard InChI is InChI=1S/C19H25N3O2S/c1-14-7-9-15(10-8-14)16(21(2)3)12-20-18(23)13-22(4)19(24)17-6-5-11-25-17/h5-11,16H,12-13H2,1-4H3,(H,20,23). The van der Waals surface area contributed by atoms with Crippen molar-refractivity contribution < 1.29 is 9.59 Å². The minimum atomic E-state index is -0.161. The van der Waals surface area contributed by atoms with Gasteiger partial charge in [0.2, 0.25) is 5.91 Å². The van der Waals surface area contributed by atoms with Crippen LogP contribution in [0.4, 0.5) is 0 Å². The van der Waals surface area contributed by atoms with E-state index < -0.39 is 0 Å². The largest absolute Gasteiger partial charge is 0.353 e. The van der Waals surface area contributed by atoms with Crippen LogP contribution in [0.2, 0.25) is 0 Å². The Kier molecular flexibility index (Phi) is 6.73. The third-order valence-electron chi connectivity index (χ3n) is 4.04. The van der Waals surface area contributed by atoms with Gasteiger partial charge in [-0.15, -0.1) is 11.3 Å². The van der Waals surface area contributed by atoms with E-state index in [1.165, 1.54) is 21.8 Å². The maximum atomic E-state index is 12.2. The zero-order valence-electron chi connectivity index (χ0n) is 15.2. The molecule has 1 atom stereocenters. The molecule has 0 aliphatic heterocycles. The summed E-state index contributed by atoms with van der Waals surface area (Å²) in [5, 5.41) is 4.79. The third kappa shape index (κ3) is 5.41. The van der Waals surface area contributed by atoms with Crippen LogP contribution in [0.15, 0.2) is 41.8 Å². The van der Waals surface area contributed by atoms with Gasteiger partial charge in [0.15, 0.2) is 0 Å². The summed E-state index contributed by atoms with van der Waals surface area (Å²) in [6.07, 6.45) is 0. The van der Waals surface area contributed by atoms with Crippen LogP contribution in [0.25, 0.3) is 0 Å². The molecule has 0 aliphatic rings. The minimum Gasteiger partial charge on any atom is -0.353 e. The topological polar surface area (TPSA) is 52.7 Å². The first kappa shape index (κ1) is 19.1. The lowest BCUT2D eigenvalue weighted by molar-refractivity contribution is -0.121. The summed E-state index contributed by atoms with van der Waals surface area (Å²) in [6, 6.07) is 12.0. The molecule has 0 fully saturated rings.